The van der Waals surface area contributed by atoms with Gasteiger partial charge in [0.1, 0.15) is 0 Å². The molecule has 2 heteroatoms. The summed E-state index contributed by atoms with van der Waals surface area (Å²) in [5, 5.41) is 3.57. The van der Waals surface area contributed by atoms with Gasteiger partial charge in [0.25, 0.3) is 0 Å². The van der Waals surface area contributed by atoms with Crippen LogP contribution in [0.5, 0.6) is 0 Å². The van der Waals surface area contributed by atoms with E-state index in [-0.39, 0.29) is 58.2 Å². The molecule has 2 unspecified atom stereocenters. The van der Waals surface area contributed by atoms with Crippen LogP contribution in [0.3, 0.4) is 0 Å². The van der Waals surface area contributed by atoms with E-state index in [4.69, 9.17) is 0 Å². The van der Waals surface area contributed by atoms with Crippen molar-refractivity contribution in [3.63, 3.8) is 0 Å². The van der Waals surface area contributed by atoms with Gasteiger partial charge < -0.3 is 5.32 Å². The molecule has 2 atom stereocenters. The average molecular weight is 254 g/mol. The molecule has 13 heavy (non-hydrogen) atoms. The molecule has 0 bridgehead atoms. The first kappa shape index (κ1) is 14.8. The van der Waals surface area contributed by atoms with Crippen LogP contribution in [0.4, 0.5) is 0 Å². The smallest absolute Gasteiger partial charge is 0.467 e. The van der Waals surface area contributed by atoms with Crippen molar-refractivity contribution < 1.29 is 58.2 Å². The molecule has 1 rings (SSSR count). The van der Waals surface area contributed by atoms with Crippen LogP contribution in [0.15, 0.2) is 0 Å². The van der Waals surface area contributed by atoms with E-state index in [0.29, 0.717) is 5.92 Å². The van der Waals surface area contributed by atoms with E-state index in [9.17, 15) is 0 Å². The van der Waals surface area contributed by atoms with Crippen LogP contribution in [-0.2, 0) is 0 Å². The zero-order valence-corrected chi connectivity index (χ0v) is 14.8. The van der Waals surface area contributed by atoms with Crippen LogP contribution < -0.4 is 63.5 Å². The molecule has 1 N–H and O–H groups in total. The molecule has 0 aromatic heterocycles. The summed E-state index contributed by atoms with van der Waals surface area (Å²) in [7, 11) is 0. The normalized spacial score (nSPS) is 30.2. The molecule has 0 aromatic rings. The molecule has 1 aliphatic rings. The fraction of sp³-hybridized carbons (Fsp3) is 0.909. The van der Waals surface area contributed by atoms with E-state index >= 15 is 0 Å². The predicted molar refractivity (Wildman–Crippen MR) is 53.6 cm³/mol. The fourth-order valence-corrected chi connectivity index (χ4v) is 2.04. The minimum absolute atomic E-state index is 0. The molecule has 0 radical (unpaired) electrons. The van der Waals surface area contributed by atoms with Gasteiger partial charge in [-0.1, -0.05) is 40.0 Å². The third-order valence-electron chi connectivity index (χ3n) is 3.16. The molecule has 1 heterocycles. The number of nitrogens with one attached hydrogen (secondary N) is 1. The quantitative estimate of drug-likeness (QED) is 0.675. The Kier molecular flexibility index (Phi) is 8.07. The molecular formula is C11H22NRb. The first-order valence-electron chi connectivity index (χ1n) is 5.24. The van der Waals surface area contributed by atoms with Gasteiger partial charge in [-0.2, -0.15) is 12.3 Å². The summed E-state index contributed by atoms with van der Waals surface area (Å²) < 4.78 is 0. The molecule has 1 aliphatic heterocycles. The van der Waals surface area contributed by atoms with Gasteiger partial charge in [0, 0.05) is 0 Å². The predicted octanol–water partition coefficient (Wildman–Crippen LogP) is -0.166. The van der Waals surface area contributed by atoms with Gasteiger partial charge in [-0.15, -0.1) is 0 Å². The van der Waals surface area contributed by atoms with Crippen molar-refractivity contribution in [2.75, 3.05) is 6.54 Å². The summed E-state index contributed by atoms with van der Waals surface area (Å²) in [4.78, 5) is 0. The molecule has 1 saturated heterocycles. The molecule has 1 fully saturated rings. The Labute approximate surface area is 132 Å². The molecule has 0 aromatic carbocycles. The Morgan fingerprint density at radius 1 is 1.46 bits per heavy atom. The van der Waals surface area contributed by atoms with Crippen LogP contribution >= 0.6 is 0 Å². The first-order chi connectivity index (χ1) is 5.65. The monoisotopic (exact) mass is 253 g/mol. The second-order valence-corrected chi connectivity index (χ2v) is 4.41. The topological polar surface area (TPSA) is 12.0 Å². The maximum absolute atomic E-state index is 3.57. The van der Waals surface area contributed by atoms with Crippen molar-refractivity contribution >= 4 is 0 Å². The van der Waals surface area contributed by atoms with E-state index in [1.54, 1.807) is 6.04 Å². The Balaban J connectivity index is 0.00000144. The van der Waals surface area contributed by atoms with E-state index in [1.165, 1.54) is 19.4 Å². The summed E-state index contributed by atoms with van der Waals surface area (Å²) >= 11 is 0. The van der Waals surface area contributed by atoms with Gasteiger partial charge in [-0.05, 0) is 12.5 Å². The number of hydrogen-bond donors (Lipinski definition) is 1. The third-order valence-corrected chi connectivity index (χ3v) is 3.16. The zero-order chi connectivity index (χ0) is 9.14. The first-order valence-corrected chi connectivity index (χ1v) is 5.24. The molecule has 1 nitrogen and oxygen atoms in total. The zero-order valence-electron chi connectivity index (χ0n) is 9.85. The Morgan fingerprint density at radius 2 is 2.08 bits per heavy atom. The average Bonchev–Trinajstić information content (AvgIpc) is 2.04. The molecular weight excluding hydrogens is 232 g/mol. The van der Waals surface area contributed by atoms with Gasteiger partial charge in [-0.3, -0.25) is 6.04 Å². The molecule has 72 valence electrons. The maximum atomic E-state index is 3.57. The number of rotatable bonds is 2. The number of hydrogen-bond acceptors (Lipinski definition) is 1. The summed E-state index contributed by atoms with van der Waals surface area (Å²) in [6.07, 6.45) is 2.61. The van der Waals surface area contributed by atoms with Crippen molar-refractivity contribution in [2.45, 2.75) is 40.5 Å². The van der Waals surface area contributed by atoms with E-state index < -0.39 is 0 Å². The summed E-state index contributed by atoms with van der Waals surface area (Å²) in [6.45, 7) is 10.4. The van der Waals surface area contributed by atoms with Crippen molar-refractivity contribution in [3.05, 3.63) is 6.04 Å². The Morgan fingerprint density at radius 3 is 2.46 bits per heavy atom. The second kappa shape index (κ2) is 7.11. The van der Waals surface area contributed by atoms with Gasteiger partial charge in [0.05, 0.1) is 0 Å². The van der Waals surface area contributed by atoms with E-state index in [2.05, 4.69) is 33.0 Å². The van der Waals surface area contributed by atoms with Crippen LogP contribution in [0.1, 0.15) is 40.5 Å². The summed E-state index contributed by atoms with van der Waals surface area (Å²) in [6, 6.07) is 1.56. The van der Waals surface area contributed by atoms with Crippen molar-refractivity contribution in [1.82, 2.24) is 5.32 Å². The standard InChI is InChI=1S/C11H22N.Rb/c1-5-10-7-12-11(8(2)3)6-9(10)4;/h8-10,12H,5-7H2,1-4H3;/q-1;+1. The number of piperidine rings is 1. The summed E-state index contributed by atoms with van der Waals surface area (Å²) in [5.74, 6) is 2.49. The minimum Gasteiger partial charge on any atom is -0.467 e. The van der Waals surface area contributed by atoms with E-state index in [0.717, 1.165) is 11.8 Å². The molecule has 0 aliphatic carbocycles. The largest absolute Gasteiger partial charge is 1.00 e. The molecule has 0 saturated carbocycles. The van der Waals surface area contributed by atoms with Crippen molar-refractivity contribution in [2.24, 2.45) is 17.8 Å². The van der Waals surface area contributed by atoms with Crippen LogP contribution in [0.2, 0.25) is 0 Å². The minimum atomic E-state index is 0. The van der Waals surface area contributed by atoms with Gasteiger partial charge in [0.2, 0.25) is 0 Å². The fourth-order valence-electron chi connectivity index (χ4n) is 2.04. The van der Waals surface area contributed by atoms with E-state index in [1.807, 2.05) is 0 Å². The SMILES string of the molecule is CCC1CN[C-](C(C)C)CC1C.[Rb+]. The van der Waals surface area contributed by atoms with Gasteiger partial charge >= 0.3 is 58.2 Å². The van der Waals surface area contributed by atoms with Gasteiger partial charge in [-0.25, -0.2) is 0 Å². The Bertz CT molecular complexity index is 136. The summed E-state index contributed by atoms with van der Waals surface area (Å²) in [5.41, 5.74) is 0. The van der Waals surface area contributed by atoms with Gasteiger partial charge in [0.15, 0.2) is 0 Å². The molecule has 0 spiro atoms. The van der Waals surface area contributed by atoms with Crippen molar-refractivity contribution in [1.29, 1.82) is 0 Å². The van der Waals surface area contributed by atoms with Crippen LogP contribution in [-0.4, -0.2) is 6.54 Å². The van der Waals surface area contributed by atoms with Crippen LogP contribution in [0, 0.1) is 23.8 Å². The van der Waals surface area contributed by atoms with Crippen LogP contribution in [0.25, 0.3) is 0 Å². The second-order valence-electron chi connectivity index (χ2n) is 4.41. The maximum Gasteiger partial charge on any atom is 1.00 e. The Hall–Kier alpha value is 1.77. The van der Waals surface area contributed by atoms with Crippen molar-refractivity contribution in [3.8, 4) is 0 Å². The molecule has 0 amide bonds. The third kappa shape index (κ3) is 4.42.